The average molecular weight is 296 g/mol. The summed E-state index contributed by atoms with van der Waals surface area (Å²) in [5, 5.41) is 10.6. The number of ether oxygens (including phenoxy) is 1. The van der Waals surface area contributed by atoms with E-state index in [2.05, 4.69) is 41.6 Å². The van der Waals surface area contributed by atoms with E-state index in [9.17, 15) is 0 Å². The van der Waals surface area contributed by atoms with Crippen molar-refractivity contribution in [3.8, 4) is 0 Å². The molecule has 1 aromatic heterocycles. The number of hydrogen-bond acceptors (Lipinski definition) is 4. The van der Waals surface area contributed by atoms with E-state index in [0.29, 0.717) is 13.2 Å². The molecule has 0 fully saturated rings. The number of rotatable bonds is 7. The minimum atomic E-state index is 0.210. The van der Waals surface area contributed by atoms with E-state index in [1.807, 2.05) is 13.8 Å². The molecule has 120 valence electrons. The van der Waals surface area contributed by atoms with Crippen LogP contribution in [0.1, 0.15) is 43.7 Å². The van der Waals surface area contributed by atoms with Crippen LogP contribution in [0, 0.1) is 13.8 Å². The van der Waals surface area contributed by atoms with Crippen molar-refractivity contribution in [1.29, 1.82) is 0 Å². The lowest BCUT2D eigenvalue weighted by molar-refractivity contribution is 0.179. The van der Waals surface area contributed by atoms with Gasteiger partial charge in [0.25, 0.3) is 0 Å². The number of methoxy groups -OCH3 is 1. The van der Waals surface area contributed by atoms with Crippen molar-refractivity contribution < 1.29 is 9.26 Å². The van der Waals surface area contributed by atoms with Gasteiger partial charge >= 0.3 is 0 Å². The van der Waals surface area contributed by atoms with Crippen LogP contribution >= 0.6 is 0 Å². The lowest BCUT2D eigenvalue weighted by Crippen LogP contribution is -2.44. The lowest BCUT2D eigenvalue weighted by Gasteiger charge is -2.18. The third-order valence-electron chi connectivity index (χ3n) is 3.25. The molecule has 0 spiro atoms. The van der Waals surface area contributed by atoms with Crippen LogP contribution in [-0.2, 0) is 4.74 Å². The molecule has 6 heteroatoms. The molecule has 0 saturated carbocycles. The molecular formula is C15H28N4O2. The molecule has 0 aliphatic rings. The number of nitrogens with one attached hydrogen (secondary N) is 2. The van der Waals surface area contributed by atoms with Crippen molar-refractivity contribution in [3.05, 3.63) is 17.0 Å². The van der Waals surface area contributed by atoms with E-state index in [0.717, 1.165) is 29.5 Å². The molecule has 0 radical (unpaired) electrons. The summed E-state index contributed by atoms with van der Waals surface area (Å²) in [6.07, 6.45) is 0. The molecule has 1 aromatic rings. The summed E-state index contributed by atoms with van der Waals surface area (Å²) in [4.78, 5) is 4.64. The molecule has 0 amide bonds. The SMILES string of the molecule is CCNC(=NCC(C)c1c(C)noc1C)NC(C)COC. The number of nitrogens with zero attached hydrogens (tertiary/aromatic N) is 2. The van der Waals surface area contributed by atoms with Gasteiger partial charge in [-0.1, -0.05) is 12.1 Å². The van der Waals surface area contributed by atoms with Crippen LogP contribution in [0.2, 0.25) is 0 Å². The van der Waals surface area contributed by atoms with E-state index >= 15 is 0 Å². The van der Waals surface area contributed by atoms with Crippen LogP contribution in [0.4, 0.5) is 0 Å². The van der Waals surface area contributed by atoms with Gasteiger partial charge in [0.15, 0.2) is 5.96 Å². The lowest BCUT2D eigenvalue weighted by atomic mass is 10.00. The average Bonchev–Trinajstić information content (AvgIpc) is 2.76. The van der Waals surface area contributed by atoms with Gasteiger partial charge in [0.1, 0.15) is 5.76 Å². The fourth-order valence-corrected chi connectivity index (χ4v) is 2.36. The molecule has 6 nitrogen and oxygen atoms in total. The minimum Gasteiger partial charge on any atom is -0.383 e. The smallest absolute Gasteiger partial charge is 0.191 e. The summed E-state index contributed by atoms with van der Waals surface area (Å²) in [5.41, 5.74) is 2.10. The molecule has 2 unspecified atom stereocenters. The van der Waals surface area contributed by atoms with Crippen molar-refractivity contribution in [3.63, 3.8) is 0 Å². The molecule has 1 rings (SSSR count). The Labute approximate surface area is 127 Å². The van der Waals surface area contributed by atoms with Gasteiger partial charge in [-0.25, -0.2) is 0 Å². The van der Waals surface area contributed by atoms with Gasteiger partial charge in [0.2, 0.25) is 0 Å². The normalized spacial score (nSPS) is 14.9. The zero-order valence-electron chi connectivity index (χ0n) is 14.0. The maximum atomic E-state index is 5.22. The van der Waals surface area contributed by atoms with Crippen LogP contribution < -0.4 is 10.6 Å². The van der Waals surface area contributed by atoms with Gasteiger partial charge in [-0.15, -0.1) is 0 Å². The van der Waals surface area contributed by atoms with Crippen molar-refractivity contribution in [2.24, 2.45) is 4.99 Å². The van der Waals surface area contributed by atoms with Crippen LogP contribution in [0.5, 0.6) is 0 Å². The maximum absolute atomic E-state index is 5.22. The molecule has 2 atom stereocenters. The van der Waals surface area contributed by atoms with E-state index < -0.39 is 0 Å². The molecule has 21 heavy (non-hydrogen) atoms. The number of aryl methyl sites for hydroxylation is 2. The van der Waals surface area contributed by atoms with Gasteiger partial charge in [-0.3, -0.25) is 4.99 Å². The van der Waals surface area contributed by atoms with Crippen LogP contribution in [0.15, 0.2) is 9.52 Å². The summed E-state index contributed by atoms with van der Waals surface area (Å²) in [5.74, 6) is 1.95. The Morgan fingerprint density at radius 3 is 2.62 bits per heavy atom. The summed E-state index contributed by atoms with van der Waals surface area (Å²) in [7, 11) is 1.70. The van der Waals surface area contributed by atoms with E-state index in [4.69, 9.17) is 9.26 Å². The minimum absolute atomic E-state index is 0.210. The first-order valence-electron chi connectivity index (χ1n) is 7.46. The first-order chi connectivity index (χ1) is 9.99. The fourth-order valence-electron chi connectivity index (χ4n) is 2.36. The highest BCUT2D eigenvalue weighted by atomic mass is 16.5. The van der Waals surface area contributed by atoms with E-state index in [1.165, 1.54) is 0 Å². The number of aromatic nitrogens is 1. The van der Waals surface area contributed by atoms with E-state index in [1.54, 1.807) is 7.11 Å². The summed E-state index contributed by atoms with van der Waals surface area (Å²) < 4.78 is 10.4. The number of aliphatic imine (C=N–C) groups is 1. The van der Waals surface area contributed by atoms with Gasteiger partial charge in [0.05, 0.1) is 12.3 Å². The topological polar surface area (TPSA) is 71.7 Å². The van der Waals surface area contributed by atoms with Crippen LogP contribution in [-0.4, -0.2) is 44.0 Å². The Morgan fingerprint density at radius 2 is 2.10 bits per heavy atom. The van der Waals surface area contributed by atoms with Crippen molar-refractivity contribution >= 4 is 5.96 Å². The highest BCUT2D eigenvalue weighted by Crippen LogP contribution is 2.23. The largest absolute Gasteiger partial charge is 0.383 e. The fraction of sp³-hybridized carbons (Fsp3) is 0.733. The molecule has 1 heterocycles. The molecular weight excluding hydrogens is 268 g/mol. The molecule has 0 aliphatic carbocycles. The second-order valence-corrected chi connectivity index (χ2v) is 5.36. The van der Waals surface area contributed by atoms with Crippen molar-refractivity contribution in [2.75, 3.05) is 26.8 Å². The van der Waals surface area contributed by atoms with Gasteiger partial charge in [-0.05, 0) is 27.7 Å². The van der Waals surface area contributed by atoms with Gasteiger partial charge in [0, 0.05) is 37.7 Å². The Morgan fingerprint density at radius 1 is 1.38 bits per heavy atom. The highest BCUT2D eigenvalue weighted by Gasteiger charge is 2.16. The number of hydrogen-bond donors (Lipinski definition) is 2. The Balaban J connectivity index is 2.69. The molecule has 0 bridgehead atoms. The third-order valence-corrected chi connectivity index (χ3v) is 3.25. The second kappa shape index (κ2) is 8.67. The van der Waals surface area contributed by atoms with Crippen LogP contribution in [0.3, 0.4) is 0 Å². The second-order valence-electron chi connectivity index (χ2n) is 5.36. The summed E-state index contributed by atoms with van der Waals surface area (Å²) in [6, 6.07) is 0.210. The predicted octanol–water partition coefficient (Wildman–Crippen LogP) is 1.98. The maximum Gasteiger partial charge on any atom is 0.191 e. The number of guanidine groups is 1. The van der Waals surface area contributed by atoms with Gasteiger partial charge in [-0.2, -0.15) is 0 Å². The summed E-state index contributed by atoms with van der Waals surface area (Å²) >= 11 is 0. The standard InChI is InChI=1S/C15H28N4O2/c1-7-16-15(18-11(3)9-20-6)17-8-10(2)14-12(4)19-21-13(14)5/h10-11H,7-9H2,1-6H3,(H2,16,17,18). The van der Waals surface area contributed by atoms with Crippen molar-refractivity contribution in [2.45, 2.75) is 46.6 Å². The monoisotopic (exact) mass is 296 g/mol. The predicted molar refractivity (Wildman–Crippen MR) is 84.8 cm³/mol. The van der Waals surface area contributed by atoms with E-state index in [-0.39, 0.29) is 12.0 Å². The zero-order valence-corrected chi connectivity index (χ0v) is 14.0. The summed E-state index contributed by atoms with van der Waals surface area (Å²) in [6.45, 7) is 12.3. The first kappa shape index (κ1) is 17.5. The Bertz CT molecular complexity index is 437. The molecule has 0 aliphatic heterocycles. The molecule has 0 aromatic carbocycles. The Kier molecular flexibility index (Phi) is 7.22. The molecule has 0 saturated heterocycles. The van der Waals surface area contributed by atoms with Crippen molar-refractivity contribution in [1.82, 2.24) is 15.8 Å². The highest BCUT2D eigenvalue weighted by molar-refractivity contribution is 5.80. The Hall–Kier alpha value is -1.56. The zero-order chi connectivity index (χ0) is 15.8. The molecule has 2 N–H and O–H groups in total. The van der Waals surface area contributed by atoms with Crippen LogP contribution in [0.25, 0.3) is 0 Å². The quantitative estimate of drug-likeness (QED) is 0.595. The van der Waals surface area contributed by atoms with Gasteiger partial charge < -0.3 is 19.9 Å². The first-order valence-corrected chi connectivity index (χ1v) is 7.46. The third kappa shape index (κ3) is 5.38.